The zero-order valence-corrected chi connectivity index (χ0v) is 12.3. The van der Waals surface area contributed by atoms with Gasteiger partial charge in [-0.1, -0.05) is 42.5 Å². The van der Waals surface area contributed by atoms with Crippen molar-refractivity contribution in [2.75, 3.05) is 0 Å². The summed E-state index contributed by atoms with van der Waals surface area (Å²) in [6.45, 7) is 0. The molecular weight excluding hydrogens is 305 g/mol. The normalized spacial score (nSPS) is 10.9. The standard InChI is InChI=1S/C15H10O2.H4NO3P/c16-13-10-15(11-6-2-1-3-7-11)17-14-9-5-4-8-12(13)14;1-5(2,3)4/h1-10H;(H4,1,2,3,4). The molecular formula is C15H14NO5P. The van der Waals surface area contributed by atoms with E-state index in [1.54, 1.807) is 6.07 Å². The van der Waals surface area contributed by atoms with Crippen molar-refractivity contribution in [2.24, 2.45) is 5.50 Å². The first kappa shape index (κ1) is 16.1. The predicted molar refractivity (Wildman–Crippen MR) is 84.2 cm³/mol. The third kappa shape index (κ3) is 4.65. The van der Waals surface area contributed by atoms with Crippen LogP contribution in [0.25, 0.3) is 22.3 Å². The van der Waals surface area contributed by atoms with Gasteiger partial charge in [-0.05, 0) is 12.1 Å². The number of rotatable bonds is 1. The van der Waals surface area contributed by atoms with Gasteiger partial charge in [0.25, 0.3) is 0 Å². The maximum atomic E-state index is 11.9. The Kier molecular flexibility index (Phi) is 4.90. The van der Waals surface area contributed by atoms with Gasteiger partial charge in [0.1, 0.15) is 11.3 Å². The number of hydrogen-bond donors (Lipinski definition) is 3. The molecule has 0 spiro atoms. The second kappa shape index (κ2) is 6.68. The van der Waals surface area contributed by atoms with E-state index in [0.29, 0.717) is 16.7 Å². The summed E-state index contributed by atoms with van der Waals surface area (Å²) in [5, 5.41) is 0.618. The van der Waals surface area contributed by atoms with Gasteiger partial charge in [-0.25, -0.2) is 10.1 Å². The second-order valence-corrected chi connectivity index (χ2v) is 5.60. The minimum absolute atomic E-state index is 0.00861. The zero-order valence-electron chi connectivity index (χ0n) is 11.4. The second-order valence-electron chi connectivity index (χ2n) is 4.43. The van der Waals surface area contributed by atoms with Gasteiger partial charge in [-0.3, -0.25) is 4.79 Å². The first-order valence-electron chi connectivity index (χ1n) is 6.27. The highest BCUT2D eigenvalue weighted by molar-refractivity contribution is 7.49. The van der Waals surface area contributed by atoms with E-state index in [4.69, 9.17) is 18.8 Å². The lowest BCUT2D eigenvalue weighted by Crippen LogP contribution is -1.99. The third-order valence-electron chi connectivity index (χ3n) is 2.69. The first-order valence-corrected chi connectivity index (χ1v) is 7.95. The Morgan fingerprint density at radius 3 is 2.14 bits per heavy atom. The molecule has 1 aromatic heterocycles. The molecule has 0 saturated carbocycles. The minimum Gasteiger partial charge on any atom is -0.456 e. The Hall–Kier alpha value is -2.24. The van der Waals surface area contributed by atoms with Gasteiger partial charge in [0.2, 0.25) is 0 Å². The predicted octanol–water partition coefficient (Wildman–Crippen LogP) is 2.50. The van der Waals surface area contributed by atoms with Crippen molar-refractivity contribution in [3.63, 3.8) is 0 Å². The summed E-state index contributed by atoms with van der Waals surface area (Å²) in [7, 11) is -4.14. The van der Waals surface area contributed by atoms with Crippen molar-refractivity contribution >= 4 is 18.7 Å². The fraction of sp³-hybridized carbons (Fsp3) is 0. The van der Waals surface area contributed by atoms with E-state index in [2.05, 4.69) is 5.50 Å². The van der Waals surface area contributed by atoms with Crippen molar-refractivity contribution in [3.05, 3.63) is 70.9 Å². The topological polar surface area (TPSA) is 114 Å². The third-order valence-corrected chi connectivity index (χ3v) is 2.69. The molecule has 3 aromatic rings. The molecule has 114 valence electrons. The van der Waals surface area contributed by atoms with Gasteiger partial charge in [-0.15, -0.1) is 0 Å². The summed E-state index contributed by atoms with van der Waals surface area (Å²) in [5.41, 5.74) is 5.55. The number of para-hydroxylation sites is 1. The lowest BCUT2D eigenvalue weighted by atomic mass is 10.1. The average molecular weight is 319 g/mol. The Morgan fingerprint density at radius 2 is 1.50 bits per heavy atom. The molecule has 22 heavy (non-hydrogen) atoms. The van der Waals surface area contributed by atoms with Crippen molar-refractivity contribution < 1.29 is 18.8 Å². The van der Waals surface area contributed by atoms with Gasteiger partial charge in [0, 0.05) is 11.6 Å². The number of benzene rings is 2. The van der Waals surface area contributed by atoms with Crippen LogP contribution in [0.1, 0.15) is 0 Å². The van der Waals surface area contributed by atoms with Gasteiger partial charge in [0.05, 0.1) is 5.39 Å². The van der Waals surface area contributed by atoms with Crippen molar-refractivity contribution in [1.82, 2.24) is 0 Å². The van der Waals surface area contributed by atoms with Gasteiger partial charge in [0.15, 0.2) is 5.43 Å². The fourth-order valence-corrected chi connectivity index (χ4v) is 1.85. The molecule has 4 N–H and O–H groups in total. The first-order chi connectivity index (χ1) is 10.3. The van der Waals surface area contributed by atoms with Crippen LogP contribution in [0.2, 0.25) is 0 Å². The van der Waals surface area contributed by atoms with Crippen LogP contribution in [-0.4, -0.2) is 9.79 Å². The van der Waals surface area contributed by atoms with Crippen LogP contribution >= 0.6 is 7.75 Å². The Morgan fingerprint density at radius 1 is 0.955 bits per heavy atom. The highest BCUT2D eigenvalue weighted by Gasteiger charge is 2.05. The largest absolute Gasteiger partial charge is 0.456 e. The molecule has 0 aliphatic heterocycles. The van der Waals surface area contributed by atoms with E-state index < -0.39 is 7.75 Å². The average Bonchev–Trinajstić information content (AvgIpc) is 2.46. The monoisotopic (exact) mass is 319 g/mol. The summed E-state index contributed by atoms with van der Waals surface area (Å²) in [5.74, 6) is 0.606. The number of hydrogen-bond acceptors (Lipinski definition) is 3. The Bertz CT molecular complexity index is 861. The molecule has 3 rings (SSSR count). The molecule has 0 unspecified atom stereocenters. The molecule has 0 saturated heterocycles. The molecule has 2 aromatic carbocycles. The summed E-state index contributed by atoms with van der Waals surface area (Å²) >= 11 is 0. The smallest absolute Gasteiger partial charge is 0.397 e. The zero-order chi connectivity index (χ0) is 16.2. The summed E-state index contributed by atoms with van der Waals surface area (Å²) < 4.78 is 14.8. The SMILES string of the molecule is NP(=O)(O)O.O=c1cc(-c2ccccc2)oc2ccccc12. The molecule has 0 radical (unpaired) electrons. The van der Waals surface area contributed by atoms with E-state index in [0.717, 1.165) is 5.56 Å². The molecule has 0 amide bonds. The van der Waals surface area contributed by atoms with Crippen LogP contribution in [0.3, 0.4) is 0 Å². The van der Waals surface area contributed by atoms with E-state index in [1.165, 1.54) is 6.07 Å². The molecule has 0 aliphatic carbocycles. The van der Waals surface area contributed by atoms with Crippen LogP contribution in [-0.2, 0) is 4.57 Å². The van der Waals surface area contributed by atoms with Gasteiger partial charge in [-0.2, -0.15) is 0 Å². The maximum Gasteiger partial charge on any atom is 0.397 e. The minimum atomic E-state index is -4.14. The Labute approximate surface area is 126 Å². The van der Waals surface area contributed by atoms with Crippen molar-refractivity contribution in [3.8, 4) is 11.3 Å². The molecule has 0 atom stereocenters. The van der Waals surface area contributed by atoms with E-state index >= 15 is 0 Å². The van der Waals surface area contributed by atoms with Crippen LogP contribution in [0.15, 0.2) is 69.9 Å². The van der Waals surface area contributed by atoms with E-state index in [9.17, 15) is 4.79 Å². The number of nitrogens with two attached hydrogens (primary N) is 1. The summed E-state index contributed by atoms with van der Waals surface area (Å²) in [6, 6.07) is 18.4. The highest BCUT2D eigenvalue weighted by atomic mass is 31.2. The van der Waals surface area contributed by atoms with Crippen molar-refractivity contribution in [2.45, 2.75) is 0 Å². The number of fused-ring (bicyclic) bond motifs is 1. The fourth-order valence-electron chi connectivity index (χ4n) is 1.85. The molecule has 7 heteroatoms. The van der Waals surface area contributed by atoms with Gasteiger partial charge >= 0.3 is 7.75 Å². The maximum absolute atomic E-state index is 11.9. The Balaban J connectivity index is 0.000000309. The van der Waals surface area contributed by atoms with Gasteiger partial charge < -0.3 is 14.2 Å². The van der Waals surface area contributed by atoms with Crippen LogP contribution in [0, 0.1) is 0 Å². The van der Waals surface area contributed by atoms with Crippen molar-refractivity contribution in [1.29, 1.82) is 0 Å². The molecule has 0 bridgehead atoms. The van der Waals surface area contributed by atoms with E-state index in [-0.39, 0.29) is 5.43 Å². The lowest BCUT2D eigenvalue weighted by molar-refractivity contribution is 0.374. The van der Waals surface area contributed by atoms with Crippen LogP contribution in [0.5, 0.6) is 0 Å². The summed E-state index contributed by atoms with van der Waals surface area (Å²) in [4.78, 5) is 26.7. The van der Waals surface area contributed by atoms with Crippen LogP contribution < -0.4 is 10.9 Å². The highest BCUT2D eigenvalue weighted by Crippen LogP contribution is 2.21. The quantitative estimate of drug-likeness (QED) is 0.594. The summed E-state index contributed by atoms with van der Waals surface area (Å²) in [6.07, 6.45) is 0. The molecule has 1 heterocycles. The van der Waals surface area contributed by atoms with Crippen LogP contribution in [0.4, 0.5) is 0 Å². The molecule has 0 aliphatic rings. The van der Waals surface area contributed by atoms with E-state index in [1.807, 2.05) is 48.5 Å². The molecule has 6 nitrogen and oxygen atoms in total. The lowest BCUT2D eigenvalue weighted by Gasteiger charge is -2.02. The molecule has 0 fully saturated rings.